The second-order valence-electron chi connectivity index (χ2n) is 8.60. The summed E-state index contributed by atoms with van der Waals surface area (Å²) in [7, 11) is 0. The molecule has 1 atom stereocenters. The SMILES string of the molecule is C/C(=C/C(C)c1cccc2ccccc12)C1=CCCC(c2cccc3ccccc23)=C1. The first-order valence-corrected chi connectivity index (χ1v) is 11.3. The zero-order valence-electron chi connectivity index (χ0n) is 18.3. The van der Waals surface area contributed by atoms with E-state index in [0.717, 1.165) is 12.8 Å². The minimum Gasteiger partial charge on any atom is -0.0767 e. The second kappa shape index (κ2) is 8.40. The van der Waals surface area contributed by atoms with Crippen LogP contribution in [-0.4, -0.2) is 0 Å². The van der Waals surface area contributed by atoms with Crippen molar-refractivity contribution in [3.63, 3.8) is 0 Å². The van der Waals surface area contributed by atoms with Gasteiger partial charge in [-0.3, -0.25) is 0 Å². The molecule has 0 fully saturated rings. The van der Waals surface area contributed by atoms with Crippen molar-refractivity contribution in [1.82, 2.24) is 0 Å². The van der Waals surface area contributed by atoms with Gasteiger partial charge in [0, 0.05) is 5.92 Å². The Morgan fingerprint density at radius 2 is 1.42 bits per heavy atom. The average Bonchev–Trinajstić information content (AvgIpc) is 2.83. The number of benzene rings is 4. The molecular weight excluding hydrogens is 372 g/mol. The normalized spacial score (nSPS) is 15.6. The Morgan fingerprint density at radius 1 is 0.774 bits per heavy atom. The third-order valence-corrected chi connectivity index (χ3v) is 6.51. The molecule has 4 aromatic carbocycles. The monoisotopic (exact) mass is 400 g/mol. The molecule has 0 aliphatic heterocycles. The van der Waals surface area contributed by atoms with Gasteiger partial charge >= 0.3 is 0 Å². The fourth-order valence-electron chi connectivity index (χ4n) is 4.90. The number of hydrogen-bond acceptors (Lipinski definition) is 0. The first-order valence-electron chi connectivity index (χ1n) is 11.3. The van der Waals surface area contributed by atoms with Crippen LogP contribution in [0.2, 0.25) is 0 Å². The number of rotatable bonds is 4. The van der Waals surface area contributed by atoms with Crippen LogP contribution < -0.4 is 0 Å². The summed E-state index contributed by atoms with van der Waals surface area (Å²) >= 11 is 0. The Hall–Kier alpha value is -3.38. The molecular formula is C31H28. The molecule has 152 valence electrons. The molecule has 0 saturated heterocycles. The molecule has 31 heavy (non-hydrogen) atoms. The highest BCUT2D eigenvalue weighted by atomic mass is 14.2. The van der Waals surface area contributed by atoms with E-state index in [2.05, 4.69) is 117 Å². The average molecular weight is 401 g/mol. The van der Waals surface area contributed by atoms with Gasteiger partial charge in [0.25, 0.3) is 0 Å². The van der Waals surface area contributed by atoms with E-state index >= 15 is 0 Å². The molecule has 0 heterocycles. The van der Waals surface area contributed by atoms with Gasteiger partial charge in [0.05, 0.1) is 0 Å². The van der Waals surface area contributed by atoms with Gasteiger partial charge in [-0.05, 0) is 69.2 Å². The molecule has 0 spiro atoms. The van der Waals surface area contributed by atoms with E-state index in [1.165, 1.54) is 49.4 Å². The van der Waals surface area contributed by atoms with Crippen LogP contribution in [0.25, 0.3) is 27.1 Å². The summed E-state index contributed by atoms with van der Waals surface area (Å²) in [5.41, 5.74) is 6.93. The summed E-state index contributed by atoms with van der Waals surface area (Å²) in [6, 6.07) is 30.7. The Morgan fingerprint density at radius 3 is 2.23 bits per heavy atom. The largest absolute Gasteiger partial charge is 0.0767 e. The Bertz CT molecular complexity index is 1340. The van der Waals surface area contributed by atoms with Crippen molar-refractivity contribution in [3.05, 3.63) is 125 Å². The van der Waals surface area contributed by atoms with Crippen LogP contribution in [0.1, 0.15) is 43.7 Å². The number of allylic oxidation sites excluding steroid dienone is 6. The minimum absolute atomic E-state index is 0.364. The zero-order valence-corrected chi connectivity index (χ0v) is 18.3. The molecule has 0 N–H and O–H groups in total. The second-order valence-corrected chi connectivity index (χ2v) is 8.60. The first-order chi connectivity index (χ1) is 15.2. The lowest BCUT2D eigenvalue weighted by atomic mass is 9.87. The molecule has 1 aliphatic rings. The van der Waals surface area contributed by atoms with Crippen LogP contribution in [0, 0.1) is 0 Å². The van der Waals surface area contributed by atoms with Gasteiger partial charge in [0.15, 0.2) is 0 Å². The maximum Gasteiger partial charge on any atom is 0.000164 e. The lowest BCUT2D eigenvalue weighted by Gasteiger charge is -2.18. The molecule has 0 amide bonds. The summed E-state index contributed by atoms with van der Waals surface area (Å²) in [5, 5.41) is 5.33. The van der Waals surface area contributed by atoms with Crippen LogP contribution in [0.4, 0.5) is 0 Å². The van der Waals surface area contributed by atoms with Gasteiger partial charge in [-0.2, -0.15) is 0 Å². The molecule has 5 rings (SSSR count). The minimum atomic E-state index is 0.364. The van der Waals surface area contributed by atoms with Crippen LogP contribution in [-0.2, 0) is 0 Å². The fraction of sp³-hybridized carbons (Fsp3) is 0.161. The quantitative estimate of drug-likeness (QED) is 0.321. The fourth-order valence-corrected chi connectivity index (χ4v) is 4.90. The van der Waals surface area contributed by atoms with E-state index < -0.39 is 0 Å². The molecule has 0 saturated carbocycles. The maximum atomic E-state index is 2.43. The topological polar surface area (TPSA) is 0 Å². The Labute approximate surface area is 185 Å². The first kappa shape index (κ1) is 19.6. The van der Waals surface area contributed by atoms with Gasteiger partial charge < -0.3 is 0 Å². The molecule has 0 bridgehead atoms. The van der Waals surface area contributed by atoms with E-state index in [1.54, 1.807) is 0 Å². The number of fused-ring (bicyclic) bond motifs is 2. The van der Waals surface area contributed by atoms with Crippen LogP contribution in [0.15, 0.2) is 114 Å². The highest BCUT2D eigenvalue weighted by molar-refractivity contribution is 5.94. The van der Waals surface area contributed by atoms with Crippen LogP contribution in [0.5, 0.6) is 0 Å². The van der Waals surface area contributed by atoms with E-state index in [9.17, 15) is 0 Å². The lowest BCUT2D eigenvalue weighted by Crippen LogP contribution is -1.97. The van der Waals surface area contributed by atoms with Gasteiger partial charge in [-0.25, -0.2) is 0 Å². The molecule has 0 nitrogen and oxygen atoms in total. The standard InChI is InChI=1S/C31H28/c1-22(20-23(2)28-18-8-12-24-10-3-5-16-29(24)28)26-14-7-15-27(21-26)31-19-9-13-25-11-4-6-17-30(25)31/h3-6,8-14,16-21,23H,7,15H2,1-2H3/b22-20-. The molecule has 0 aromatic heterocycles. The van der Waals surface area contributed by atoms with Crippen molar-refractivity contribution in [2.45, 2.75) is 32.6 Å². The Kier molecular flexibility index (Phi) is 5.30. The molecule has 1 unspecified atom stereocenters. The van der Waals surface area contributed by atoms with E-state index in [1.807, 2.05) is 0 Å². The third-order valence-electron chi connectivity index (χ3n) is 6.51. The van der Waals surface area contributed by atoms with Crippen molar-refractivity contribution in [2.75, 3.05) is 0 Å². The van der Waals surface area contributed by atoms with Crippen LogP contribution >= 0.6 is 0 Å². The lowest BCUT2D eigenvalue weighted by molar-refractivity contribution is 0.962. The van der Waals surface area contributed by atoms with Crippen molar-refractivity contribution in [3.8, 4) is 0 Å². The van der Waals surface area contributed by atoms with Crippen molar-refractivity contribution < 1.29 is 0 Å². The predicted molar refractivity (Wildman–Crippen MR) is 135 cm³/mol. The van der Waals surface area contributed by atoms with Crippen molar-refractivity contribution in [2.24, 2.45) is 0 Å². The van der Waals surface area contributed by atoms with Gasteiger partial charge in [0.1, 0.15) is 0 Å². The summed E-state index contributed by atoms with van der Waals surface area (Å²) in [4.78, 5) is 0. The molecule has 0 radical (unpaired) electrons. The summed E-state index contributed by atoms with van der Waals surface area (Å²) in [6.45, 7) is 4.57. The van der Waals surface area contributed by atoms with E-state index in [-0.39, 0.29) is 0 Å². The van der Waals surface area contributed by atoms with E-state index in [0.29, 0.717) is 5.92 Å². The van der Waals surface area contributed by atoms with Gasteiger partial charge in [-0.15, -0.1) is 0 Å². The smallest absolute Gasteiger partial charge is 0.000164 e. The highest BCUT2D eigenvalue weighted by Crippen LogP contribution is 2.34. The van der Waals surface area contributed by atoms with Gasteiger partial charge in [-0.1, -0.05) is 110 Å². The van der Waals surface area contributed by atoms with Crippen molar-refractivity contribution >= 4 is 27.1 Å². The van der Waals surface area contributed by atoms with Crippen LogP contribution in [0.3, 0.4) is 0 Å². The predicted octanol–water partition coefficient (Wildman–Crippen LogP) is 8.85. The van der Waals surface area contributed by atoms with Gasteiger partial charge in [0.2, 0.25) is 0 Å². The molecule has 1 aliphatic carbocycles. The zero-order chi connectivity index (χ0) is 21.2. The third kappa shape index (κ3) is 3.86. The van der Waals surface area contributed by atoms with E-state index in [4.69, 9.17) is 0 Å². The summed E-state index contributed by atoms with van der Waals surface area (Å²) in [5.74, 6) is 0.364. The number of hydrogen-bond donors (Lipinski definition) is 0. The Balaban J connectivity index is 1.49. The summed E-state index contributed by atoms with van der Waals surface area (Å²) < 4.78 is 0. The van der Waals surface area contributed by atoms with Crippen molar-refractivity contribution in [1.29, 1.82) is 0 Å². The highest BCUT2D eigenvalue weighted by Gasteiger charge is 2.13. The maximum absolute atomic E-state index is 2.43. The molecule has 4 aromatic rings. The molecule has 0 heteroatoms. The summed E-state index contributed by atoms with van der Waals surface area (Å²) in [6.07, 6.45) is 9.43.